The Kier molecular flexibility index (Phi) is 10.8. The van der Waals surface area contributed by atoms with Crippen LogP contribution in [0.15, 0.2) is 72.8 Å². The van der Waals surface area contributed by atoms with Crippen molar-refractivity contribution in [3.63, 3.8) is 0 Å². The van der Waals surface area contributed by atoms with Gasteiger partial charge in [0.2, 0.25) is 5.91 Å². The maximum atomic E-state index is 13.6. The molecule has 0 aliphatic carbocycles. The van der Waals surface area contributed by atoms with E-state index in [1.807, 2.05) is 81.4 Å². The minimum Gasteiger partial charge on any atom is -0.491 e. The molecule has 41 heavy (non-hydrogen) atoms. The van der Waals surface area contributed by atoms with E-state index >= 15 is 0 Å². The quantitative estimate of drug-likeness (QED) is 0.232. The summed E-state index contributed by atoms with van der Waals surface area (Å²) in [5.41, 5.74) is 4.02. The predicted molar refractivity (Wildman–Crippen MR) is 164 cm³/mol. The highest BCUT2D eigenvalue weighted by Gasteiger charge is 2.25. The highest BCUT2D eigenvalue weighted by molar-refractivity contribution is 6.00. The van der Waals surface area contributed by atoms with Crippen LogP contribution in [0.5, 0.6) is 5.75 Å². The summed E-state index contributed by atoms with van der Waals surface area (Å²) in [5.74, 6) is 0.596. The summed E-state index contributed by atoms with van der Waals surface area (Å²) in [6.07, 6.45) is 1.08. The number of hydrogen-bond acceptors (Lipinski definition) is 6. The first-order valence-electron chi connectivity index (χ1n) is 14.5. The number of amides is 2. The van der Waals surface area contributed by atoms with Crippen molar-refractivity contribution >= 4 is 23.2 Å². The first kappa shape index (κ1) is 30.1. The SMILES string of the molecule is CCNc1cc(C(=O)N[C@@H](Cc2ccccc2)[C@H](O)CNCc2ccc(OC(C)C)cc2)cc(N2CCCC2=O)c1. The number of benzene rings is 3. The van der Waals surface area contributed by atoms with Crippen molar-refractivity contribution in [1.82, 2.24) is 10.6 Å². The van der Waals surface area contributed by atoms with Gasteiger partial charge in [-0.3, -0.25) is 9.59 Å². The third kappa shape index (κ3) is 8.80. The minimum absolute atomic E-state index is 0.0653. The lowest BCUT2D eigenvalue weighted by atomic mass is 10.00. The van der Waals surface area contributed by atoms with Gasteiger partial charge >= 0.3 is 0 Å². The summed E-state index contributed by atoms with van der Waals surface area (Å²) < 4.78 is 5.71. The Morgan fingerprint density at radius 2 is 1.78 bits per heavy atom. The van der Waals surface area contributed by atoms with E-state index in [4.69, 9.17) is 4.74 Å². The zero-order valence-electron chi connectivity index (χ0n) is 24.2. The summed E-state index contributed by atoms with van der Waals surface area (Å²) in [4.78, 5) is 27.7. The fraction of sp³-hybridized carbons (Fsp3) is 0.394. The van der Waals surface area contributed by atoms with Gasteiger partial charge in [-0.15, -0.1) is 0 Å². The molecule has 1 saturated heterocycles. The van der Waals surface area contributed by atoms with Crippen LogP contribution in [-0.4, -0.2) is 54.8 Å². The van der Waals surface area contributed by atoms with E-state index in [-0.39, 0.29) is 17.9 Å². The van der Waals surface area contributed by atoms with Gasteiger partial charge < -0.3 is 30.7 Å². The van der Waals surface area contributed by atoms with Crippen molar-refractivity contribution in [2.24, 2.45) is 0 Å². The number of aliphatic hydroxyl groups is 1. The normalized spacial score (nSPS) is 14.7. The lowest BCUT2D eigenvalue weighted by Gasteiger charge is -2.25. The monoisotopic (exact) mass is 558 g/mol. The molecule has 0 radical (unpaired) electrons. The molecule has 218 valence electrons. The van der Waals surface area contributed by atoms with E-state index in [0.29, 0.717) is 50.3 Å². The van der Waals surface area contributed by atoms with Gasteiger partial charge in [-0.05, 0) is 75.1 Å². The molecule has 0 saturated carbocycles. The number of rotatable bonds is 14. The Morgan fingerprint density at radius 3 is 2.44 bits per heavy atom. The van der Waals surface area contributed by atoms with Crippen molar-refractivity contribution < 1.29 is 19.4 Å². The van der Waals surface area contributed by atoms with Crippen LogP contribution < -0.4 is 25.6 Å². The summed E-state index contributed by atoms with van der Waals surface area (Å²) >= 11 is 0. The van der Waals surface area contributed by atoms with Gasteiger partial charge in [0.1, 0.15) is 5.75 Å². The Bertz CT molecular complexity index is 1280. The number of carbonyl (C=O) groups is 2. The molecule has 1 fully saturated rings. The first-order chi connectivity index (χ1) is 19.8. The Labute approximate surface area is 243 Å². The predicted octanol–water partition coefficient (Wildman–Crippen LogP) is 4.52. The van der Waals surface area contributed by atoms with Crippen molar-refractivity contribution in [3.05, 3.63) is 89.5 Å². The molecule has 8 heteroatoms. The highest BCUT2D eigenvalue weighted by Crippen LogP contribution is 2.27. The van der Waals surface area contributed by atoms with E-state index in [0.717, 1.165) is 29.0 Å². The first-order valence-corrected chi connectivity index (χ1v) is 14.5. The molecule has 1 aliphatic heterocycles. The van der Waals surface area contributed by atoms with Crippen molar-refractivity contribution in [2.75, 3.05) is 29.9 Å². The van der Waals surface area contributed by atoms with E-state index in [9.17, 15) is 14.7 Å². The molecular formula is C33H42N4O4. The number of aliphatic hydroxyl groups excluding tert-OH is 1. The maximum Gasteiger partial charge on any atom is 0.251 e. The smallest absolute Gasteiger partial charge is 0.251 e. The second kappa shape index (κ2) is 14.7. The van der Waals surface area contributed by atoms with Crippen LogP contribution >= 0.6 is 0 Å². The van der Waals surface area contributed by atoms with Gasteiger partial charge in [-0.2, -0.15) is 0 Å². The van der Waals surface area contributed by atoms with E-state index in [2.05, 4.69) is 16.0 Å². The fourth-order valence-corrected chi connectivity index (χ4v) is 4.99. The summed E-state index contributed by atoms with van der Waals surface area (Å²) in [7, 11) is 0. The summed E-state index contributed by atoms with van der Waals surface area (Å²) in [6.45, 7) is 8.18. The number of nitrogens with zero attached hydrogens (tertiary/aromatic N) is 1. The van der Waals surface area contributed by atoms with Crippen molar-refractivity contribution in [3.8, 4) is 5.75 Å². The molecule has 2 amide bonds. The van der Waals surface area contributed by atoms with E-state index in [1.54, 1.807) is 17.0 Å². The molecule has 0 bridgehead atoms. The minimum atomic E-state index is -0.834. The van der Waals surface area contributed by atoms with Crippen molar-refractivity contribution in [1.29, 1.82) is 0 Å². The van der Waals surface area contributed by atoms with Gasteiger partial charge in [0.05, 0.1) is 18.2 Å². The van der Waals surface area contributed by atoms with Crippen LogP contribution in [0.1, 0.15) is 55.1 Å². The topological polar surface area (TPSA) is 103 Å². The fourth-order valence-electron chi connectivity index (χ4n) is 4.99. The average molecular weight is 559 g/mol. The second-order valence-electron chi connectivity index (χ2n) is 10.7. The number of carbonyl (C=O) groups excluding carboxylic acids is 2. The lowest BCUT2D eigenvalue weighted by Crippen LogP contribution is -2.48. The van der Waals surface area contributed by atoms with Gasteiger partial charge in [0.15, 0.2) is 0 Å². The highest BCUT2D eigenvalue weighted by atomic mass is 16.5. The molecule has 4 N–H and O–H groups in total. The summed E-state index contributed by atoms with van der Waals surface area (Å²) in [5, 5.41) is 20.9. The molecular weight excluding hydrogens is 516 g/mol. The molecule has 1 heterocycles. The Hall–Kier alpha value is -3.88. The summed E-state index contributed by atoms with van der Waals surface area (Å²) in [6, 6.07) is 22.6. The molecule has 1 aliphatic rings. The molecule has 4 rings (SSSR count). The molecule has 3 aromatic carbocycles. The van der Waals surface area contributed by atoms with Gasteiger partial charge in [0.25, 0.3) is 5.91 Å². The molecule has 0 unspecified atom stereocenters. The zero-order chi connectivity index (χ0) is 29.2. The van der Waals surface area contributed by atoms with Gasteiger partial charge in [-0.25, -0.2) is 0 Å². The van der Waals surface area contributed by atoms with Crippen LogP contribution in [0.25, 0.3) is 0 Å². The third-order valence-corrected chi connectivity index (χ3v) is 7.00. The standard InChI is InChI=1S/C33H42N4O4/c1-4-35-27-18-26(19-28(20-27)37-16-8-11-32(37)39)33(40)36-30(17-24-9-6-5-7-10-24)31(38)22-34-21-25-12-14-29(15-13-25)41-23(2)3/h5-7,9-10,12-15,18-20,23,30-31,34-35,38H,4,8,11,16-17,21-22H2,1-3H3,(H,36,40)/t30-,31+/m0/s1. The lowest BCUT2D eigenvalue weighted by molar-refractivity contribution is -0.117. The zero-order valence-corrected chi connectivity index (χ0v) is 24.2. The number of hydrogen-bond donors (Lipinski definition) is 4. The molecule has 2 atom stereocenters. The Morgan fingerprint density at radius 1 is 1.02 bits per heavy atom. The molecule has 0 spiro atoms. The molecule has 8 nitrogen and oxygen atoms in total. The number of anilines is 2. The van der Waals surface area contributed by atoms with E-state index < -0.39 is 12.1 Å². The van der Waals surface area contributed by atoms with Gasteiger partial charge in [0, 0.05) is 49.5 Å². The van der Waals surface area contributed by atoms with Crippen LogP contribution in [-0.2, 0) is 17.8 Å². The Balaban J connectivity index is 1.46. The number of nitrogens with one attached hydrogen (secondary N) is 3. The van der Waals surface area contributed by atoms with Crippen LogP contribution in [0, 0.1) is 0 Å². The second-order valence-corrected chi connectivity index (χ2v) is 10.7. The molecule has 3 aromatic rings. The number of ether oxygens (including phenoxy) is 1. The largest absolute Gasteiger partial charge is 0.491 e. The maximum absolute atomic E-state index is 13.6. The third-order valence-electron chi connectivity index (χ3n) is 7.00. The average Bonchev–Trinajstić information content (AvgIpc) is 3.39. The van der Waals surface area contributed by atoms with Crippen LogP contribution in [0.4, 0.5) is 11.4 Å². The van der Waals surface area contributed by atoms with Gasteiger partial charge in [-0.1, -0.05) is 42.5 Å². The van der Waals surface area contributed by atoms with Crippen LogP contribution in [0.3, 0.4) is 0 Å². The van der Waals surface area contributed by atoms with Crippen molar-refractivity contribution in [2.45, 2.75) is 64.8 Å². The van der Waals surface area contributed by atoms with Crippen LogP contribution in [0.2, 0.25) is 0 Å². The molecule has 0 aromatic heterocycles. The van der Waals surface area contributed by atoms with E-state index in [1.165, 1.54) is 0 Å².